The van der Waals surface area contributed by atoms with Gasteiger partial charge in [-0.1, -0.05) is 30.8 Å². The van der Waals surface area contributed by atoms with Gasteiger partial charge in [-0.05, 0) is 44.0 Å². The fourth-order valence-corrected chi connectivity index (χ4v) is 4.24. The van der Waals surface area contributed by atoms with E-state index in [9.17, 15) is 4.79 Å². The molecule has 5 nitrogen and oxygen atoms in total. The maximum Gasteiger partial charge on any atom is 0.234 e. The Morgan fingerprint density at radius 3 is 2.81 bits per heavy atom. The predicted octanol–water partition coefficient (Wildman–Crippen LogP) is 4.63. The molecular weight excluding hydrogens is 364 g/mol. The molecule has 1 aromatic carbocycles. The largest absolute Gasteiger partial charge is 0.325 e. The second-order valence-electron chi connectivity index (χ2n) is 5.91. The van der Waals surface area contributed by atoms with E-state index in [4.69, 9.17) is 0 Å². The standard InChI is InChI=1S/C19H22N4OS2/c1-4-16-10-14(11-25-16)18-21-22-19(23(18)5-2)26-12-17(24)20-15-8-6-7-13(3)9-15/h6-11H,4-5,12H2,1-3H3,(H,20,24). The third kappa shape index (κ3) is 4.34. The lowest BCUT2D eigenvalue weighted by Gasteiger charge is -2.07. The zero-order chi connectivity index (χ0) is 18.5. The molecule has 0 aliphatic heterocycles. The second-order valence-corrected chi connectivity index (χ2v) is 7.85. The number of carbonyl (C=O) groups is 1. The number of thioether (sulfide) groups is 1. The topological polar surface area (TPSA) is 59.8 Å². The molecule has 0 atom stereocenters. The van der Waals surface area contributed by atoms with Crippen LogP contribution in [0.1, 0.15) is 24.3 Å². The van der Waals surface area contributed by atoms with Crippen LogP contribution in [0.25, 0.3) is 11.4 Å². The van der Waals surface area contributed by atoms with Crippen molar-refractivity contribution in [1.82, 2.24) is 14.8 Å². The van der Waals surface area contributed by atoms with E-state index < -0.39 is 0 Å². The quantitative estimate of drug-likeness (QED) is 0.602. The van der Waals surface area contributed by atoms with E-state index in [2.05, 4.69) is 45.4 Å². The van der Waals surface area contributed by atoms with Crippen molar-refractivity contribution in [2.75, 3.05) is 11.1 Å². The summed E-state index contributed by atoms with van der Waals surface area (Å²) in [7, 11) is 0. The van der Waals surface area contributed by atoms with Crippen molar-refractivity contribution in [3.63, 3.8) is 0 Å². The third-order valence-electron chi connectivity index (χ3n) is 3.93. The van der Waals surface area contributed by atoms with Gasteiger partial charge in [0.15, 0.2) is 11.0 Å². The Kier molecular flexibility index (Phi) is 6.11. The lowest BCUT2D eigenvalue weighted by molar-refractivity contribution is -0.113. The summed E-state index contributed by atoms with van der Waals surface area (Å²) in [4.78, 5) is 13.6. The van der Waals surface area contributed by atoms with Gasteiger partial charge in [0.05, 0.1) is 5.75 Å². The molecule has 7 heteroatoms. The van der Waals surface area contributed by atoms with Crippen molar-refractivity contribution in [1.29, 1.82) is 0 Å². The van der Waals surface area contributed by atoms with Gasteiger partial charge < -0.3 is 9.88 Å². The number of benzene rings is 1. The molecule has 0 saturated heterocycles. The molecule has 136 valence electrons. The molecule has 0 bridgehead atoms. The van der Waals surface area contributed by atoms with Crippen molar-refractivity contribution in [3.05, 3.63) is 46.2 Å². The summed E-state index contributed by atoms with van der Waals surface area (Å²) in [5, 5.41) is 14.5. The first kappa shape index (κ1) is 18.7. The highest BCUT2D eigenvalue weighted by Crippen LogP contribution is 2.28. The highest BCUT2D eigenvalue weighted by molar-refractivity contribution is 7.99. The van der Waals surface area contributed by atoms with E-state index in [1.54, 1.807) is 11.3 Å². The van der Waals surface area contributed by atoms with Gasteiger partial charge in [0.1, 0.15) is 0 Å². The molecule has 3 rings (SSSR count). The summed E-state index contributed by atoms with van der Waals surface area (Å²) in [6.45, 7) is 6.98. The Hall–Kier alpha value is -2.12. The summed E-state index contributed by atoms with van der Waals surface area (Å²) in [5.41, 5.74) is 3.03. The normalized spacial score (nSPS) is 10.9. The van der Waals surface area contributed by atoms with Crippen LogP contribution in [0.5, 0.6) is 0 Å². The zero-order valence-electron chi connectivity index (χ0n) is 15.2. The molecular formula is C19H22N4OS2. The molecule has 0 unspecified atom stereocenters. The molecule has 26 heavy (non-hydrogen) atoms. The Morgan fingerprint density at radius 1 is 1.27 bits per heavy atom. The number of amides is 1. The lowest BCUT2D eigenvalue weighted by atomic mass is 10.2. The maximum absolute atomic E-state index is 12.2. The van der Waals surface area contributed by atoms with Crippen LogP contribution in [-0.2, 0) is 17.8 Å². The van der Waals surface area contributed by atoms with E-state index >= 15 is 0 Å². The summed E-state index contributed by atoms with van der Waals surface area (Å²) >= 11 is 3.15. The molecule has 3 aromatic rings. The van der Waals surface area contributed by atoms with Crippen molar-refractivity contribution in [2.24, 2.45) is 0 Å². The first-order valence-electron chi connectivity index (χ1n) is 8.61. The highest BCUT2D eigenvalue weighted by atomic mass is 32.2. The Labute approximate surface area is 161 Å². The summed E-state index contributed by atoms with van der Waals surface area (Å²) in [6.07, 6.45) is 1.02. The van der Waals surface area contributed by atoms with Crippen LogP contribution < -0.4 is 5.32 Å². The van der Waals surface area contributed by atoms with Crippen LogP contribution in [0.3, 0.4) is 0 Å². The third-order valence-corrected chi connectivity index (χ3v) is 5.98. The van der Waals surface area contributed by atoms with E-state index in [0.717, 1.165) is 40.8 Å². The van der Waals surface area contributed by atoms with Crippen LogP contribution in [0, 0.1) is 6.92 Å². The number of aromatic nitrogens is 3. The predicted molar refractivity (Wildman–Crippen MR) is 109 cm³/mol. The molecule has 0 fully saturated rings. The fraction of sp³-hybridized carbons (Fsp3) is 0.316. The average Bonchev–Trinajstić information content (AvgIpc) is 3.26. The molecule has 0 aliphatic rings. The van der Waals surface area contributed by atoms with Crippen molar-refractivity contribution < 1.29 is 4.79 Å². The van der Waals surface area contributed by atoms with Crippen LogP contribution in [-0.4, -0.2) is 26.4 Å². The molecule has 0 spiro atoms. The lowest BCUT2D eigenvalue weighted by Crippen LogP contribution is -2.14. The number of rotatable bonds is 7. The minimum Gasteiger partial charge on any atom is -0.325 e. The van der Waals surface area contributed by atoms with Gasteiger partial charge in [-0.3, -0.25) is 4.79 Å². The number of nitrogens with zero attached hydrogens (tertiary/aromatic N) is 3. The summed E-state index contributed by atoms with van der Waals surface area (Å²) < 4.78 is 2.06. The number of carbonyl (C=O) groups excluding carboxylic acids is 1. The van der Waals surface area contributed by atoms with Crippen LogP contribution in [0.4, 0.5) is 5.69 Å². The number of thiophene rings is 1. The number of hydrogen-bond acceptors (Lipinski definition) is 5. The Morgan fingerprint density at radius 2 is 2.12 bits per heavy atom. The first-order chi connectivity index (χ1) is 12.6. The minimum absolute atomic E-state index is 0.0448. The van der Waals surface area contributed by atoms with Gasteiger partial charge >= 0.3 is 0 Å². The van der Waals surface area contributed by atoms with E-state index in [1.807, 2.05) is 31.2 Å². The van der Waals surface area contributed by atoms with Gasteiger partial charge in [-0.15, -0.1) is 21.5 Å². The second kappa shape index (κ2) is 8.51. The fourth-order valence-electron chi connectivity index (χ4n) is 2.63. The molecule has 1 N–H and O–H groups in total. The molecule has 2 aromatic heterocycles. The maximum atomic E-state index is 12.2. The van der Waals surface area contributed by atoms with Gasteiger partial charge in [-0.2, -0.15) is 0 Å². The van der Waals surface area contributed by atoms with Crippen molar-refractivity contribution in [2.45, 2.75) is 38.9 Å². The zero-order valence-corrected chi connectivity index (χ0v) is 16.8. The van der Waals surface area contributed by atoms with Crippen LogP contribution in [0.2, 0.25) is 0 Å². The minimum atomic E-state index is -0.0448. The van der Waals surface area contributed by atoms with E-state index in [1.165, 1.54) is 16.6 Å². The highest BCUT2D eigenvalue weighted by Gasteiger charge is 2.15. The molecule has 2 heterocycles. The number of hydrogen-bond donors (Lipinski definition) is 1. The van der Waals surface area contributed by atoms with Gasteiger partial charge in [-0.25, -0.2) is 0 Å². The number of nitrogens with one attached hydrogen (secondary N) is 1. The molecule has 1 amide bonds. The number of aryl methyl sites for hydroxylation is 2. The SMILES string of the molecule is CCc1cc(-c2nnc(SCC(=O)Nc3cccc(C)c3)n2CC)cs1. The Balaban J connectivity index is 1.67. The first-order valence-corrected chi connectivity index (χ1v) is 10.5. The Bertz CT molecular complexity index is 901. The smallest absolute Gasteiger partial charge is 0.234 e. The van der Waals surface area contributed by atoms with Crippen molar-refractivity contribution >= 4 is 34.7 Å². The van der Waals surface area contributed by atoms with Crippen molar-refractivity contribution in [3.8, 4) is 11.4 Å². The van der Waals surface area contributed by atoms with Gasteiger partial charge in [0.25, 0.3) is 0 Å². The van der Waals surface area contributed by atoms with E-state index in [0.29, 0.717) is 5.75 Å². The number of anilines is 1. The van der Waals surface area contributed by atoms with Gasteiger partial charge in [0, 0.05) is 28.1 Å². The van der Waals surface area contributed by atoms with Crippen LogP contribution in [0.15, 0.2) is 40.9 Å². The summed E-state index contributed by atoms with van der Waals surface area (Å²) in [6, 6.07) is 9.95. The average molecular weight is 387 g/mol. The molecule has 0 radical (unpaired) electrons. The summed E-state index contributed by atoms with van der Waals surface area (Å²) in [5.74, 6) is 1.12. The molecule has 0 aliphatic carbocycles. The van der Waals surface area contributed by atoms with Crippen LogP contribution >= 0.6 is 23.1 Å². The van der Waals surface area contributed by atoms with E-state index in [-0.39, 0.29) is 5.91 Å². The van der Waals surface area contributed by atoms with Gasteiger partial charge in [0.2, 0.25) is 5.91 Å². The monoisotopic (exact) mass is 386 g/mol. The molecule has 0 saturated carbocycles.